The van der Waals surface area contributed by atoms with Gasteiger partial charge in [-0.3, -0.25) is 9.59 Å². The first-order chi connectivity index (χ1) is 17.2. The van der Waals surface area contributed by atoms with E-state index in [4.69, 9.17) is 11.1 Å². The minimum Gasteiger partial charge on any atom is -0.480 e. The number of rotatable bonds is 13. The summed E-state index contributed by atoms with van der Waals surface area (Å²) in [6.07, 6.45) is 0. The monoisotopic (exact) mass is 530 g/mol. The summed E-state index contributed by atoms with van der Waals surface area (Å²) < 4.78 is 0. The molecule has 0 aromatic heterocycles. The van der Waals surface area contributed by atoms with Gasteiger partial charge in [-0.05, 0) is 35.3 Å². The van der Waals surface area contributed by atoms with Crippen molar-refractivity contribution in [3.8, 4) is 0 Å². The number of benzene rings is 2. The molecule has 186 valence electrons. The lowest BCUT2D eigenvalue weighted by Crippen LogP contribution is -2.43. The first kappa shape index (κ1) is 27.9. The highest BCUT2D eigenvalue weighted by molar-refractivity contribution is 8.76. The smallest absolute Gasteiger partial charge is 0.327 e. The van der Waals surface area contributed by atoms with Crippen molar-refractivity contribution in [2.45, 2.75) is 12.1 Å². The number of azide groups is 2. The molecule has 4 N–H and O–H groups in total. The maximum Gasteiger partial charge on any atom is 0.327 e. The van der Waals surface area contributed by atoms with Crippen molar-refractivity contribution >= 4 is 56.7 Å². The van der Waals surface area contributed by atoms with Crippen molar-refractivity contribution in [2.24, 2.45) is 10.2 Å². The van der Waals surface area contributed by atoms with Gasteiger partial charge < -0.3 is 20.8 Å². The van der Waals surface area contributed by atoms with Crippen LogP contribution in [0.1, 0.15) is 20.7 Å². The average molecular weight is 531 g/mol. The van der Waals surface area contributed by atoms with Gasteiger partial charge in [-0.2, -0.15) is 0 Å². The van der Waals surface area contributed by atoms with Crippen LogP contribution in [0.2, 0.25) is 0 Å². The molecule has 0 saturated carbocycles. The third kappa shape index (κ3) is 8.77. The summed E-state index contributed by atoms with van der Waals surface area (Å²) in [4.78, 5) is 53.0. The molecule has 2 aromatic carbocycles. The third-order valence-electron chi connectivity index (χ3n) is 4.34. The fourth-order valence-electron chi connectivity index (χ4n) is 2.53. The van der Waals surface area contributed by atoms with E-state index in [2.05, 4.69) is 30.7 Å². The van der Waals surface area contributed by atoms with E-state index in [0.717, 1.165) is 21.6 Å². The van der Waals surface area contributed by atoms with E-state index in [1.807, 2.05) is 0 Å². The molecule has 0 unspecified atom stereocenters. The Bertz CT molecular complexity index is 1120. The van der Waals surface area contributed by atoms with Crippen LogP contribution < -0.4 is 10.6 Å². The molecule has 0 heterocycles. The number of hydrogen-bond donors (Lipinski definition) is 4. The zero-order valence-electron chi connectivity index (χ0n) is 18.2. The number of amides is 2. The van der Waals surface area contributed by atoms with Crippen molar-refractivity contribution in [1.82, 2.24) is 10.6 Å². The molecule has 14 nitrogen and oxygen atoms in total. The Hall–Kier alpha value is -4.36. The van der Waals surface area contributed by atoms with Crippen LogP contribution in [0.25, 0.3) is 20.9 Å². The molecule has 0 aliphatic carbocycles. The van der Waals surface area contributed by atoms with Crippen LogP contribution >= 0.6 is 21.6 Å². The Morgan fingerprint density at radius 3 is 1.33 bits per heavy atom. The van der Waals surface area contributed by atoms with Gasteiger partial charge in [0.15, 0.2) is 0 Å². The lowest BCUT2D eigenvalue weighted by atomic mass is 10.2. The van der Waals surface area contributed by atoms with Gasteiger partial charge >= 0.3 is 11.9 Å². The predicted octanol–water partition coefficient (Wildman–Crippen LogP) is 4.02. The molecule has 0 aliphatic rings. The number of nitrogens with one attached hydrogen (secondary N) is 2. The number of hydrogen-bond acceptors (Lipinski definition) is 8. The maximum atomic E-state index is 12.3. The Balaban J connectivity index is 1.88. The fourth-order valence-corrected chi connectivity index (χ4v) is 4.84. The van der Waals surface area contributed by atoms with Crippen LogP contribution in [0.5, 0.6) is 0 Å². The minimum atomic E-state index is -1.28. The Morgan fingerprint density at radius 2 is 1.06 bits per heavy atom. The topological polar surface area (TPSA) is 230 Å². The summed E-state index contributed by atoms with van der Waals surface area (Å²) in [6.45, 7) is 0. The van der Waals surface area contributed by atoms with Gasteiger partial charge in [0.2, 0.25) is 0 Å². The Morgan fingerprint density at radius 1 is 0.722 bits per heavy atom. The minimum absolute atomic E-state index is 0.0797. The van der Waals surface area contributed by atoms with Gasteiger partial charge in [0.05, 0.1) is 0 Å². The number of nitrogens with zero attached hydrogens (tertiary/aromatic N) is 6. The first-order valence-corrected chi connectivity index (χ1v) is 12.4. The zero-order chi connectivity index (χ0) is 26.5. The molecule has 16 heteroatoms. The third-order valence-corrected chi connectivity index (χ3v) is 6.76. The first-order valence-electron chi connectivity index (χ1n) is 9.87. The number of carboxylic acid groups (broad SMARTS) is 2. The van der Waals surface area contributed by atoms with Gasteiger partial charge in [0.1, 0.15) is 12.1 Å². The van der Waals surface area contributed by atoms with Crippen LogP contribution in [0.15, 0.2) is 58.8 Å². The summed E-state index contributed by atoms with van der Waals surface area (Å²) in [5.41, 5.74) is 17.7. The molecular formula is C20H18N8O6S2. The molecule has 2 atom stereocenters. The average Bonchev–Trinajstić information content (AvgIpc) is 2.85. The van der Waals surface area contributed by atoms with E-state index in [1.165, 1.54) is 48.5 Å². The second kappa shape index (κ2) is 14.1. The second-order valence-corrected chi connectivity index (χ2v) is 9.32. The number of carbonyl (C=O) groups is 4. The van der Waals surface area contributed by atoms with Crippen LogP contribution in [0.4, 0.5) is 11.4 Å². The van der Waals surface area contributed by atoms with E-state index in [1.54, 1.807) is 0 Å². The largest absolute Gasteiger partial charge is 0.480 e. The van der Waals surface area contributed by atoms with Gasteiger partial charge in [-0.25, -0.2) is 9.59 Å². The molecule has 2 rings (SSSR count). The maximum absolute atomic E-state index is 12.3. The SMILES string of the molecule is [N-]=[N+]=Nc1ccc(C(=O)N[C@@H](CSSC[C@H](NC(=O)c2ccc(N=[N+]=[N-])cc2)C(=O)O)C(=O)O)cc1. The van der Waals surface area contributed by atoms with E-state index in [9.17, 15) is 29.4 Å². The highest BCUT2D eigenvalue weighted by Gasteiger charge is 2.24. The molecule has 0 saturated heterocycles. The summed E-state index contributed by atoms with van der Waals surface area (Å²) in [7, 11) is 2.03. The van der Waals surface area contributed by atoms with E-state index >= 15 is 0 Å². The highest BCUT2D eigenvalue weighted by atomic mass is 33.1. The van der Waals surface area contributed by atoms with Crippen LogP contribution in [-0.2, 0) is 9.59 Å². The van der Waals surface area contributed by atoms with Crippen LogP contribution in [0.3, 0.4) is 0 Å². The van der Waals surface area contributed by atoms with Crippen molar-refractivity contribution in [2.75, 3.05) is 11.5 Å². The molecule has 0 spiro atoms. The van der Waals surface area contributed by atoms with Gasteiger partial charge in [0.25, 0.3) is 11.8 Å². The standard InChI is InChI=1S/C20H18N8O6S2/c21-27-25-13-5-1-11(2-6-13)17(29)23-15(19(31)32)9-35-36-10-16(20(33)34)24-18(30)12-3-7-14(8-4-12)26-28-22/h1-8,15-16H,9-10H2,(H,23,29)(H,24,30)(H,31,32)(H,33,34)/t15-,16-/m0/s1. The molecule has 0 fully saturated rings. The molecule has 0 bridgehead atoms. The van der Waals surface area contributed by atoms with Crippen LogP contribution in [-0.4, -0.2) is 57.6 Å². The fraction of sp³-hybridized carbons (Fsp3) is 0.200. The van der Waals surface area contributed by atoms with Crippen molar-refractivity contribution in [1.29, 1.82) is 0 Å². The summed E-state index contributed by atoms with van der Waals surface area (Å²) >= 11 is 0. The molecule has 2 aromatic rings. The van der Waals surface area contributed by atoms with E-state index in [0.29, 0.717) is 11.4 Å². The molecule has 36 heavy (non-hydrogen) atoms. The van der Waals surface area contributed by atoms with Crippen molar-refractivity contribution in [3.63, 3.8) is 0 Å². The summed E-state index contributed by atoms with van der Waals surface area (Å²) in [5, 5.41) is 30.3. The predicted molar refractivity (Wildman–Crippen MR) is 133 cm³/mol. The Kier molecular flexibility index (Phi) is 10.9. The molecule has 2 amide bonds. The molecule has 0 aliphatic heterocycles. The van der Waals surface area contributed by atoms with Gasteiger partial charge in [-0.1, -0.05) is 56.1 Å². The van der Waals surface area contributed by atoms with Crippen molar-refractivity contribution < 1.29 is 29.4 Å². The van der Waals surface area contributed by atoms with Crippen molar-refractivity contribution in [3.05, 3.63) is 80.5 Å². The van der Waals surface area contributed by atoms with Gasteiger partial charge in [-0.15, -0.1) is 0 Å². The van der Waals surface area contributed by atoms with Crippen LogP contribution in [0, 0.1) is 0 Å². The number of carbonyl (C=O) groups excluding carboxylic acids is 2. The molecule has 0 radical (unpaired) electrons. The second-order valence-electron chi connectivity index (χ2n) is 6.77. The highest BCUT2D eigenvalue weighted by Crippen LogP contribution is 2.24. The zero-order valence-corrected chi connectivity index (χ0v) is 19.8. The summed E-state index contributed by atoms with van der Waals surface area (Å²) in [5.74, 6) is -4.03. The summed E-state index contributed by atoms with van der Waals surface area (Å²) in [6, 6.07) is 8.62. The molecular weight excluding hydrogens is 512 g/mol. The van der Waals surface area contributed by atoms with Gasteiger partial charge in [0, 0.05) is 43.8 Å². The van der Waals surface area contributed by atoms with E-state index < -0.39 is 35.8 Å². The normalized spacial score (nSPS) is 11.7. The number of carboxylic acids is 2. The Labute approximate surface area is 211 Å². The number of aliphatic carboxylic acids is 2. The lowest BCUT2D eigenvalue weighted by molar-refractivity contribution is -0.139. The quantitative estimate of drug-likeness (QED) is 0.0968. The lowest BCUT2D eigenvalue weighted by Gasteiger charge is -2.16. The van der Waals surface area contributed by atoms with E-state index in [-0.39, 0.29) is 22.6 Å².